The van der Waals surface area contributed by atoms with E-state index in [2.05, 4.69) is 20.4 Å². The summed E-state index contributed by atoms with van der Waals surface area (Å²) < 4.78 is 1.56. The molecule has 0 atom stereocenters. The highest BCUT2D eigenvalue weighted by Crippen LogP contribution is 2.34. The number of hydrogen-bond donors (Lipinski definition) is 0. The van der Waals surface area contributed by atoms with Gasteiger partial charge in [0.05, 0.1) is 25.3 Å². The minimum absolute atomic E-state index is 0.00172. The smallest absolute Gasteiger partial charge is 0.262 e. The molecule has 7 nitrogen and oxygen atoms in total. The van der Waals surface area contributed by atoms with Crippen molar-refractivity contribution in [2.24, 2.45) is 7.05 Å². The molecule has 3 aromatic rings. The van der Waals surface area contributed by atoms with Crippen molar-refractivity contribution in [2.75, 3.05) is 0 Å². The van der Waals surface area contributed by atoms with E-state index in [1.165, 1.54) is 15.2 Å². The van der Waals surface area contributed by atoms with Crippen molar-refractivity contribution in [2.45, 2.75) is 25.8 Å². The van der Waals surface area contributed by atoms with Crippen LogP contribution in [0, 0.1) is 0 Å². The van der Waals surface area contributed by atoms with Gasteiger partial charge in [0, 0.05) is 4.88 Å². The summed E-state index contributed by atoms with van der Waals surface area (Å²) in [5.41, 5.74) is 1.20. The van der Waals surface area contributed by atoms with E-state index in [1.54, 1.807) is 29.3 Å². The first-order valence-electron chi connectivity index (χ1n) is 6.45. The maximum atomic E-state index is 12.6. The molecule has 4 rings (SSSR count). The van der Waals surface area contributed by atoms with Crippen LogP contribution in [-0.2, 0) is 26.4 Å². The van der Waals surface area contributed by atoms with Crippen LogP contribution in [0.5, 0.6) is 0 Å². The Morgan fingerprint density at radius 2 is 2.30 bits per heavy atom. The van der Waals surface area contributed by atoms with Crippen molar-refractivity contribution in [3.05, 3.63) is 32.9 Å². The maximum absolute atomic E-state index is 12.6. The molecule has 0 saturated carbocycles. The summed E-state index contributed by atoms with van der Waals surface area (Å²) in [6.45, 7) is 0.306. The monoisotopic (exact) mass is 288 g/mol. The normalized spacial score (nSPS) is 14.1. The first-order valence-corrected chi connectivity index (χ1v) is 7.26. The molecule has 0 aliphatic heterocycles. The maximum Gasteiger partial charge on any atom is 0.262 e. The highest BCUT2D eigenvalue weighted by atomic mass is 32.1. The van der Waals surface area contributed by atoms with Crippen LogP contribution in [0.4, 0.5) is 0 Å². The molecule has 3 aromatic heterocycles. The van der Waals surface area contributed by atoms with Gasteiger partial charge in [-0.15, -0.1) is 21.5 Å². The fourth-order valence-corrected chi connectivity index (χ4v) is 3.89. The Hall–Kier alpha value is -2.09. The first-order chi connectivity index (χ1) is 9.72. The topological polar surface area (TPSA) is 78.5 Å². The summed E-state index contributed by atoms with van der Waals surface area (Å²) in [6, 6.07) is 0. The number of tetrazole rings is 1. The highest BCUT2D eigenvalue weighted by Gasteiger charge is 2.21. The van der Waals surface area contributed by atoms with Crippen LogP contribution < -0.4 is 5.56 Å². The lowest BCUT2D eigenvalue weighted by Gasteiger charge is -2.02. The van der Waals surface area contributed by atoms with Gasteiger partial charge in [-0.1, -0.05) is 0 Å². The number of hydrogen-bond acceptors (Lipinski definition) is 6. The lowest BCUT2D eigenvalue weighted by atomic mass is 10.2. The van der Waals surface area contributed by atoms with E-state index < -0.39 is 0 Å². The molecule has 0 aromatic carbocycles. The zero-order chi connectivity index (χ0) is 13.7. The van der Waals surface area contributed by atoms with Gasteiger partial charge in [-0.05, 0) is 30.0 Å². The van der Waals surface area contributed by atoms with Crippen molar-refractivity contribution < 1.29 is 0 Å². The second-order valence-electron chi connectivity index (χ2n) is 4.91. The summed E-state index contributed by atoms with van der Waals surface area (Å²) in [7, 11) is 1.70. The largest absolute Gasteiger partial charge is 0.291 e. The van der Waals surface area contributed by atoms with Crippen LogP contribution >= 0.6 is 11.3 Å². The van der Waals surface area contributed by atoms with Crippen LogP contribution in [0.3, 0.4) is 0 Å². The fourth-order valence-electron chi connectivity index (χ4n) is 2.67. The zero-order valence-electron chi connectivity index (χ0n) is 10.9. The molecule has 0 amide bonds. The minimum Gasteiger partial charge on any atom is -0.291 e. The summed E-state index contributed by atoms with van der Waals surface area (Å²) in [5, 5.41) is 12.6. The molecule has 102 valence electrons. The molecule has 0 N–H and O–H groups in total. The van der Waals surface area contributed by atoms with Gasteiger partial charge in [0.2, 0.25) is 0 Å². The van der Waals surface area contributed by atoms with Gasteiger partial charge in [-0.25, -0.2) is 4.98 Å². The van der Waals surface area contributed by atoms with Gasteiger partial charge >= 0.3 is 0 Å². The molecule has 0 bridgehead atoms. The van der Waals surface area contributed by atoms with Crippen molar-refractivity contribution >= 4 is 21.6 Å². The second kappa shape index (κ2) is 4.20. The molecule has 1 aliphatic rings. The van der Waals surface area contributed by atoms with Crippen molar-refractivity contribution in [1.82, 2.24) is 29.8 Å². The summed E-state index contributed by atoms with van der Waals surface area (Å²) in [6.07, 6.45) is 4.77. The molecule has 0 radical (unpaired) electrons. The Kier molecular flexibility index (Phi) is 2.46. The Bertz CT molecular complexity index is 861. The van der Waals surface area contributed by atoms with Crippen LogP contribution in [0.25, 0.3) is 10.2 Å². The number of aryl methyl sites for hydroxylation is 3. The van der Waals surface area contributed by atoms with E-state index in [-0.39, 0.29) is 5.56 Å². The Labute approximate surface area is 117 Å². The fraction of sp³-hybridized carbons (Fsp3) is 0.417. The average Bonchev–Trinajstić information content (AvgIpc) is 3.08. The molecule has 0 saturated heterocycles. The van der Waals surface area contributed by atoms with Gasteiger partial charge in [-0.3, -0.25) is 9.36 Å². The number of rotatable bonds is 2. The number of aromatic nitrogens is 6. The SMILES string of the molecule is Cn1nnc(Cn2cnc3sc4c(c3c2=O)CCC4)n1. The lowest BCUT2D eigenvalue weighted by molar-refractivity contribution is 0.623. The molecule has 0 unspecified atom stereocenters. The molecule has 3 heterocycles. The van der Waals surface area contributed by atoms with E-state index in [1.807, 2.05) is 0 Å². The van der Waals surface area contributed by atoms with Crippen LogP contribution in [0.2, 0.25) is 0 Å². The minimum atomic E-state index is 0.00172. The zero-order valence-corrected chi connectivity index (χ0v) is 11.7. The summed E-state index contributed by atoms with van der Waals surface area (Å²) in [5.74, 6) is 0.516. The molecule has 0 spiro atoms. The predicted octanol–water partition coefficient (Wildman–Crippen LogP) is 0.518. The van der Waals surface area contributed by atoms with E-state index in [0.717, 1.165) is 29.5 Å². The molecular weight excluding hydrogens is 276 g/mol. The first kappa shape index (κ1) is 11.7. The van der Waals surface area contributed by atoms with Gasteiger partial charge in [-0.2, -0.15) is 4.80 Å². The molecule has 8 heteroatoms. The second-order valence-corrected chi connectivity index (χ2v) is 5.99. The van der Waals surface area contributed by atoms with Crippen LogP contribution in [0.1, 0.15) is 22.7 Å². The van der Waals surface area contributed by atoms with Crippen LogP contribution in [-0.4, -0.2) is 29.8 Å². The van der Waals surface area contributed by atoms with Crippen molar-refractivity contribution in [1.29, 1.82) is 0 Å². The molecule has 20 heavy (non-hydrogen) atoms. The Morgan fingerprint density at radius 1 is 1.40 bits per heavy atom. The predicted molar refractivity (Wildman–Crippen MR) is 73.8 cm³/mol. The number of thiophene rings is 1. The van der Waals surface area contributed by atoms with E-state index >= 15 is 0 Å². The molecular formula is C12H12N6OS. The van der Waals surface area contributed by atoms with E-state index in [0.29, 0.717) is 12.4 Å². The summed E-state index contributed by atoms with van der Waals surface area (Å²) >= 11 is 1.65. The summed E-state index contributed by atoms with van der Waals surface area (Å²) in [4.78, 5) is 20.6. The van der Waals surface area contributed by atoms with E-state index in [4.69, 9.17) is 0 Å². The quantitative estimate of drug-likeness (QED) is 0.687. The molecule has 1 aliphatic carbocycles. The Balaban J connectivity index is 1.85. The lowest BCUT2D eigenvalue weighted by Crippen LogP contribution is -2.21. The van der Waals surface area contributed by atoms with E-state index in [9.17, 15) is 4.79 Å². The van der Waals surface area contributed by atoms with Gasteiger partial charge in [0.25, 0.3) is 5.56 Å². The van der Waals surface area contributed by atoms with Crippen LogP contribution in [0.15, 0.2) is 11.1 Å². The van der Waals surface area contributed by atoms with Crippen molar-refractivity contribution in [3.63, 3.8) is 0 Å². The highest BCUT2D eigenvalue weighted by molar-refractivity contribution is 7.18. The Morgan fingerprint density at radius 3 is 3.10 bits per heavy atom. The third-order valence-electron chi connectivity index (χ3n) is 3.55. The average molecular weight is 288 g/mol. The standard InChI is InChI=1S/C12H12N6OS/c1-17-15-9(14-16-17)5-18-6-13-11-10(12(18)19)7-3-2-4-8(7)20-11/h6H,2-5H2,1H3. The van der Waals surface area contributed by atoms with Gasteiger partial charge < -0.3 is 0 Å². The number of fused-ring (bicyclic) bond motifs is 3. The van der Waals surface area contributed by atoms with Gasteiger partial charge in [0.1, 0.15) is 4.83 Å². The van der Waals surface area contributed by atoms with Gasteiger partial charge in [0.15, 0.2) is 5.82 Å². The third kappa shape index (κ3) is 1.68. The molecule has 0 fully saturated rings. The van der Waals surface area contributed by atoms with Crippen molar-refractivity contribution in [3.8, 4) is 0 Å². The third-order valence-corrected chi connectivity index (χ3v) is 4.75. The number of nitrogens with zero attached hydrogens (tertiary/aromatic N) is 6.